The third-order valence-electron chi connectivity index (χ3n) is 3.63. The zero-order valence-corrected chi connectivity index (χ0v) is 12.5. The number of aromatic nitrogens is 2. The number of anilines is 1. The van der Waals surface area contributed by atoms with Crippen LogP contribution in [-0.2, 0) is 0 Å². The van der Waals surface area contributed by atoms with Crippen LogP contribution in [0, 0.1) is 25.2 Å². The summed E-state index contributed by atoms with van der Waals surface area (Å²) in [5, 5.41) is 20.5. The van der Waals surface area contributed by atoms with Gasteiger partial charge < -0.3 is 14.8 Å². The Hall–Kier alpha value is -2.81. The van der Waals surface area contributed by atoms with Crippen LogP contribution >= 0.6 is 0 Å². The van der Waals surface area contributed by atoms with Gasteiger partial charge in [0.1, 0.15) is 24.3 Å². The highest BCUT2D eigenvalue weighted by molar-refractivity contribution is 5.55. The van der Waals surface area contributed by atoms with E-state index in [9.17, 15) is 5.26 Å². The molecule has 0 aliphatic carbocycles. The molecule has 0 saturated carbocycles. The molecule has 0 amide bonds. The van der Waals surface area contributed by atoms with E-state index >= 15 is 0 Å². The quantitative estimate of drug-likeness (QED) is 0.935. The predicted octanol–water partition coefficient (Wildman–Crippen LogP) is 2.22. The first-order chi connectivity index (χ1) is 10.7. The standard InChI is InChI=1S/C16H16N4O2/c1-10-11(2)19-20-16(13(10)7-17)18-8-12-9-21-14-5-3-4-6-15(14)22-12/h3-6,12H,8-9H2,1-2H3,(H,18,20)/t12-/m1/s1. The van der Waals surface area contributed by atoms with E-state index < -0.39 is 0 Å². The molecule has 0 bridgehead atoms. The highest BCUT2D eigenvalue weighted by Gasteiger charge is 2.21. The van der Waals surface area contributed by atoms with Gasteiger partial charge in [-0.2, -0.15) is 10.4 Å². The molecule has 1 aromatic heterocycles. The van der Waals surface area contributed by atoms with Gasteiger partial charge in [-0.05, 0) is 31.5 Å². The second-order valence-electron chi connectivity index (χ2n) is 5.12. The monoisotopic (exact) mass is 296 g/mol. The highest BCUT2D eigenvalue weighted by Crippen LogP contribution is 2.30. The van der Waals surface area contributed by atoms with Crippen molar-refractivity contribution in [3.05, 3.63) is 41.1 Å². The summed E-state index contributed by atoms with van der Waals surface area (Å²) < 4.78 is 11.5. The fourth-order valence-electron chi connectivity index (χ4n) is 2.24. The van der Waals surface area contributed by atoms with E-state index in [1.165, 1.54) is 0 Å². The van der Waals surface area contributed by atoms with Crippen LogP contribution < -0.4 is 14.8 Å². The van der Waals surface area contributed by atoms with Crippen molar-refractivity contribution in [2.45, 2.75) is 20.0 Å². The number of fused-ring (bicyclic) bond motifs is 1. The first-order valence-corrected chi connectivity index (χ1v) is 7.05. The van der Waals surface area contributed by atoms with Crippen molar-refractivity contribution < 1.29 is 9.47 Å². The maximum Gasteiger partial charge on any atom is 0.167 e. The summed E-state index contributed by atoms with van der Waals surface area (Å²) in [6.45, 7) is 4.64. The van der Waals surface area contributed by atoms with Gasteiger partial charge in [0.05, 0.1) is 12.2 Å². The number of benzene rings is 1. The molecule has 1 aliphatic rings. The molecule has 1 aliphatic heterocycles. The number of rotatable bonds is 3. The van der Waals surface area contributed by atoms with Crippen molar-refractivity contribution in [3.63, 3.8) is 0 Å². The third kappa shape index (κ3) is 2.66. The van der Waals surface area contributed by atoms with E-state index in [0.29, 0.717) is 24.5 Å². The second-order valence-corrected chi connectivity index (χ2v) is 5.12. The van der Waals surface area contributed by atoms with Gasteiger partial charge in [-0.3, -0.25) is 0 Å². The highest BCUT2D eigenvalue weighted by atomic mass is 16.6. The van der Waals surface area contributed by atoms with Gasteiger partial charge in [-0.25, -0.2) is 0 Å². The van der Waals surface area contributed by atoms with Gasteiger partial charge in [0, 0.05) is 0 Å². The third-order valence-corrected chi connectivity index (χ3v) is 3.63. The van der Waals surface area contributed by atoms with E-state index in [0.717, 1.165) is 22.8 Å². The number of hydrogen-bond acceptors (Lipinski definition) is 6. The average Bonchev–Trinajstić information content (AvgIpc) is 2.55. The zero-order chi connectivity index (χ0) is 15.5. The number of para-hydroxylation sites is 2. The number of aryl methyl sites for hydroxylation is 1. The first-order valence-electron chi connectivity index (χ1n) is 7.05. The van der Waals surface area contributed by atoms with Crippen molar-refractivity contribution in [2.75, 3.05) is 18.5 Å². The Morgan fingerprint density at radius 2 is 2.05 bits per heavy atom. The molecule has 22 heavy (non-hydrogen) atoms. The lowest BCUT2D eigenvalue weighted by Crippen LogP contribution is -2.35. The minimum Gasteiger partial charge on any atom is -0.486 e. The molecule has 6 heteroatoms. The fourth-order valence-corrected chi connectivity index (χ4v) is 2.24. The minimum atomic E-state index is -0.148. The van der Waals surface area contributed by atoms with Crippen molar-refractivity contribution in [1.29, 1.82) is 5.26 Å². The molecule has 3 rings (SSSR count). The summed E-state index contributed by atoms with van der Waals surface area (Å²) in [4.78, 5) is 0. The van der Waals surface area contributed by atoms with Crippen LogP contribution in [0.2, 0.25) is 0 Å². The Balaban J connectivity index is 1.70. The zero-order valence-electron chi connectivity index (χ0n) is 12.5. The molecule has 0 unspecified atom stereocenters. The Bertz CT molecular complexity index is 739. The van der Waals surface area contributed by atoms with Crippen molar-refractivity contribution >= 4 is 5.82 Å². The van der Waals surface area contributed by atoms with Gasteiger partial charge in [0.25, 0.3) is 0 Å². The molecular weight excluding hydrogens is 280 g/mol. The SMILES string of the molecule is Cc1nnc(NC[C@@H]2COc3ccccc3O2)c(C#N)c1C. The molecule has 0 saturated heterocycles. The summed E-state index contributed by atoms with van der Waals surface area (Å²) in [6.07, 6.45) is -0.148. The van der Waals surface area contributed by atoms with Crippen LogP contribution in [0.5, 0.6) is 11.5 Å². The molecular formula is C16H16N4O2. The van der Waals surface area contributed by atoms with Crippen LogP contribution in [0.4, 0.5) is 5.82 Å². The Morgan fingerprint density at radius 1 is 1.27 bits per heavy atom. The molecule has 0 fully saturated rings. The Labute approximate surface area is 128 Å². The summed E-state index contributed by atoms with van der Waals surface area (Å²) in [5.41, 5.74) is 2.11. The van der Waals surface area contributed by atoms with Gasteiger partial charge in [0.15, 0.2) is 17.3 Å². The summed E-state index contributed by atoms with van der Waals surface area (Å²) in [7, 11) is 0. The topological polar surface area (TPSA) is 80.1 Å². The van der Waals surface area contributed by atoms with E-state index in [2.05, 4.69) is 21.6 Å². The Kier molecular flexibility index (Phi) is 3.79. The molecule has 0 radical (unpaired) electrons. The molecule has 2 heterocycles. The lowest BCUT2D eigenvalue weighted by Gasteiger charge is -2.26. The number of nitriles is 1. The van der Waals surface area contributed by atoms with E-state index in [1.807, 2.05) is 38.1 Å². The summed E-state index contributed by atoms with van der Waals surface area (Å²) in [5.74, 6) is 1.96. The first kappa shape index (κ1) is 14.1. The number of nitrogens with one attached hydrogen (secondary N) is 1. The lowest BCUT2D eigenvalue weighted by atomic mass is 10.1. The molecule has 1 aromatic carbocycles. The summed E-state index contributed by atoms with van der Waals surface area (Å²) >= 11 is 0. The van der Waals surface area contributed by atoms with Gasteiger partial charge in [0.2, 0.25) is 0 Å². The molecule has 0 spiro atoms. The van der Waals surface area contributed by atoms with E-state index in [-0.39, 0.29) is 6.10 Å². The van der Waals surface area contributed by atoms with Crippen LogP contribution in [-0.4, -0.2) is 29.5 Å². The van der Waals surface area contributed by atoms with Crippen molar-refractivity contribution in [1.82, 2.24) is 10.2 Å². The van der Waals surface area contributed by atoms with Gasteiger partial charge in [-0.1, -0.05) is 12.1 Å². The average molecular weight is 296 g/mol. The van der Waals surface area contributed by atoms with E-state index in [1.54, 1.807) is 0 Å². The molecule has 1 N–H and O–H groups in total. The number of hydrogen-bond donors (Lipinski definition) is 1. The molecule has 6 nitrogen and oxygen atoms in total. The maximum absolute atomic E-state index is 9.28. The maximum atomic E-state index is 9.28. The fraction of sp³-hybridized carbons (Fsp3) is 0.312. The van der Waals surface area contributed by atoms with Crippen LogP contribution in [0.25, 0.3) is 0 Å². The van der Waals surface area contributed by atoms with Crippen molar-refractivity contribution in [2.24, 2.45) is 0 Å². The van der Waals surface area contributed by atoms with Crippen LogP contribution in [0.1, 0.15) is 16.8 Å². The number of nitrogens with zero attached hydrogens (tertiary/aromatic N) is 3. The Morgan fingerprint density at radius 3 is 2.82 bits per heavy atom. The second kappa shape index (κ2) is 5.90. The van der Waals surface area contributed by atoms with Gasteiger partial charge in [-0.15, -0.1) is 5.10 Å². The molecule has 2 aromatic rings. The lowest BCUT2D eigenvalue weighted by molar-refractivity contribution is 0.0997. The van der Waals surface area contributed by atoms with E-state index in [4.69, 9.17) is 9.47 Å². The largest absolute Gasteiger partial charge is 0.486 e. The van der Waals surface area contributed by atoms with Crippen LogP contribution in [0.15, 0.2) is 24.3 Å². The van der Waals surface area contributed by atoms with Crippen molar-refractivity contribution in [3.8, 4) is 17.6 Å². The summed E-state index contributed by atoms with van der Waals surface area (Å²) in [6, 6.07) is 9.73. The van der Waals surface area contributed by atoms with Crippen LogP contribution in [0.3, 0.4) is 0 Å². The minimum absolute atomic E-state index is 0.148. The normalized spacial score (nSPS) is 16.0. The molecule has 1 atom stereocenters. The smallest absolute Gasteiger partial charge is 0.167 e. The number of ether oxygens (including phenoxy) is 2. The van der Waals surface area contributed by atoms with Gasteiger partial charge >= 0.3 is 0 Å². The molecule has 112 valence electrons. The predicted molar refractivity (Wildman–Crippen MR) is 81.1 cm³/mol.